The lowest BCUT2D eigenvalue weighted by atomic mass is 10.1. The predicted molar refractivity (Wildman–Crippen MR) is 120 cm³/mol. The summed E-state index contributed by atoms with van der Waals surface area (Å²) in [6.07, 6.45) is 10.7. The van der Waals surface area contributed by atoms with Crippen LogP contribution in [-0.2, 0) is 0 Å². The molecule has 0 unspecified atom stereocenters. The van der Waals surface area contributed by atoms with Crippen LogP contribution in [0.1, 0.15) is 0 Å². The fraction of sp³-hybridized carbons (Fsp3) is 0.227. The van der Waals surface area contributed by atoms with Crippen LogP contribution in [0.5, 0.6) is 0 Å². The van der Waals surface area contributed by atoms with E-state index in [9.17, 15) is 0 Å². The molecule has 1 aliphatic rings. The van der Waals surface area contributed by atoms with Gasteiger partial charge in [0, 0.05) is 61.1 Å². The van der Waals surface area contributed by atoms with Crippen LogP contribution in [0.4, 0.5) is 5.69 Å². The maximum atomic E-state index is 4.51. The van der Waals surface area contributed by atoms with Crippen molar-refractivity contribution in [3.63, 3.8) is 0 Å². The third-order valence-electron chi connectivity index (χ3n) is 5.91. The molecule has 154 valence electrons. The minimum absolute atomic E-state index is 0.665. The number of hydrogen-bond donors (Lipinski definition) is 2. The fourth-order valence-electron chi connectivity index (χ4n) is 4.16. The third kappa shape index (κ3) is 3.10. The molecule has 0 saturated carbocycles. The third-order valence-corrected chi connectivity index (χ3v) is 5.91. The number of H-pyrrole nitrogens is 2. The molecule has 9 heteroatoms. The molecule has 1 aliphatic heterocycles. The average molecular weight is 411 g/mol. The Balaban J connectivity index is 1.44. The van der Waals surface area contributed by atoms with Gasteiger partial charge in [-0.2, -0.15) is 5.10 Å². The number of aromatic nitrogens is 7. The Hall–Kier alpha value is -3.85. The number of rotatable bonds is 3. The Morgan fingerprint density at radius 2 is 1.77 bits per heavy atom. The molecule has 0 aromatic carbocycles. The number of hydrogen-bond acceptors (Lipinski definition) is 7. The predicted octanol–water partition coefficient (Wildman–Crippen LogP) is 2.71. The van der Waals surface area contributed by atoms with E-state index in [1.807, 2.05) is 12.4 Å². The van der Waals surface area contributed by atoms with Gasteiger partial charge in [0.25, 0.3) is 0 Å². The number of fused-ring (bicyclic) bond motifs is 2. The van der Waals surface area contributed by atoms with E-state index < -0.39 is 0 Å². The zero-order chi connectivity index (χ0) is 20.8. The highest BCUT2D eigenvalue weighted by atomic mass is 15.3. The second-order valence-corrected chi connectivity index (χ2v) is 7.88. The van der Waals surface area contributed by atoms with Crippen LogP contribution < -0.4 is 4.90 Å². The zero-order valence-electron chi connectivity index (χ0n) is 17.1. The van der Waals surface area contributed by atoms with Crippen molar-refractivity contribution in [3.8, 4) is 22.6 Å². The molecule has 6 rings (SSSR count). The molecule has 0 atom stereocenters. The van der Waals surface area contributed by atoms with Crippen molar-refractivity contribution >= 4 is 27.6 Å². The molecule has 9 nitrogen and oxygen atoms in total. The van der Waals surface area contributed by atoms with E-state index in [2.05, 4.69) is 64.1 Å². The van der Waals surface area contributed by atoms with E-state index in [-0.39, 0.29) is 0 Å². The fourth-order valence-corrected chi connectivity index (χ4v) is 4.16. The van der Waals surface area contributed by atoms with E-state index >= 15 is 0 Å². The first-order chi connectivity index (χ1) is 15.3. The van der Waals surface area contributed by atoms with E-state index in [0.717, 1.165) is 70.8 Å². The van der Waals surface area contributed by atoms with Gasteiger partial charge in [-0.05, 0) is 19.2 Å². The minimum atomic E-state index is 0.665. The average Bonchev–Trinajstić information content (AvgIpc) is 3.43. The topological polar surface area (TPSA) is 103 Å². The quantitative estimate of drug-likeness (QED) is 0.471. The van der Waals surface area contributed by atoms with Crippen LogP contribution >= 0.6 is 0 Å². The summed E-state index contributed by atoms with van der Waals surface area (Å²) >= 11 is 0. The lowest BCUT2D eigenvalue weighted by Gasteiger charge is -2.34. The Morgan fingerprint density at radius 1 is 0.871 bits per heavy atom. The molecule has 0 spiro atoms. The summed E-state index contributed by atoms with van der Waals surface area (Å²) in [6.45, 7) is 4.09. The van der Waals surface area contributed by atoms with Gasteiger partial charge < -0.3 is 14.8 Å². The minimum Gasteiger partial charge on any atom is -0.367 e. The van der Waals surface area contributed by atoms with Gasteiger partial charge in [-0.25, -0.2) is 4.98 Å². The summed E-state index contributed by atoms with van der Waals surface area (Å²) in [5.41, 5.74) is 6.37. The number of likely N-dealkylation sites (N-methyl/N-ethyl adjacent to an activating group) is 1. The summed E-state index contributed by atoms with van der Waals surface area (Å²) in [5, 5.41) is 9.65. The van der Waals surface area contributed by atoms with Gasteiger partial charge in [0.2, 0.25) is 0 Å². The van der Waals surface area contributed by atoms with E-state index in [0.29, 0.717) is 5.65 Å². The molecule has 5 aromatic heterocycles. The Morgan fingerprint density at radius 3 is 2.61 bits per heavy atom. The Labute approximate surface area is 178 Å². The van der Waals surface area contributed by atoms with Gasteiger partial charge in [0.1, 0.15) is 0 Å². The first-order valence-electron chi connectivity index (χ1n) is 10.3. The van der Waals surface area contributed by atoms with Crippen LogP contribution in [0.15, 0.2) is 49.3 Å². The highest BCUT2D eigenvalue weighted by Crippen LogP contribution is 2.33. The highest BCUT2D eigenvalue weighted by Gasteiger charge is 2.19. The molecule has 2 N–H and O–H groups in total. The summed E-state index contributed by atoms with van der Waals surface area (Å²) in [6, 6.07) is 4.23. The second-order valence-electron chi connectivity index (χ2n) is 7.88. The van der Waals surface area contributed by atoms with E-state index in [1.54, 1.807) is 24.8 Å². The molecule has 0 aliphatic carbocycles. The Bertz CT molecular complexity index is 1360. The van der Waals surface area contributed by atoms with Crippen molar-refractivity contribution in [3.05, 3.63) is 49.3 Å². The second kappa shape index (κ2) is 7.13. The molecular weight excluding hydrogens is 390 g/mol. The molecule has 0 amide bonds. The molecule has 5 aromatic rings. The van der Waals surface area contributed by atoms with Gasteiger partial charge in [-0.15, -0.1) is 0 Å². The first-order valence-corrected chi connectivity index (χ1v) is 10.3. The van der Waals surface area contributed by atoms with Crippen molar-refractivity contribution in [2.24, 2.45) is 0 Å². The number of nitrogens with zero attached hydrogens (tertiary/aromatic N) is 7. The van der Waals surface area contributed by atoms with Gasteiger partial charge >= 0.3 is 0 Å². The maximum Gasteiger partial charge on any atom is 0.181 e. The van der Waals surface area contributed by atoms with E-state index in [1.165, 1.54) is 0 Å². The molecule has 1 fully saturated rings. The molecule has 6 heterocycles. The van der Waals surface area contributed by atoms with Crippen LogP contribution in [0.25, 0.3) is 44.6 Å². The molecule has 0 bridgehead atoms. The van der Waals surface area contributed by atoms with Crippen molar-refractivity contribution in [2.45, 2.75) is 0 Å². The zero-order valence-corrected chi connectivity index (χ0v) is 17.1. The van der Waals surface area contributed by atoms with Gasteiger partial charge in [0.15, 0.2) is 5.65 Å². The summed E-state index contributed by atoms with van der Waals surface area (Å²) in [7, 11) is 2.16. The smallest absolute Gasteiger partial charge is 0.181 e. The van der Waals surface area contributed by atoms with Crippen LogP contribution in [0.2, 0.25) is 0 Å². The van der Waals surface area contributed by atoms with Crippen molar-refractivity contribution in [2.75, 3.05) is 38.1 Å². The number of nitrogens with one attached hydrogen (secondary N) is 2. The summed E-state index contributed by atoms with van der Waals surface area (Å²) < 4.78 is 0. The summed E-state index contributed by atoms with van der Waals surface area (Å²) in [4.78, 5) is 25.8. The van der Waals surface area contributed by atoms with Crippen LogP contribution in [0, 0.1) is 0 Å². The lowest BCUT2D eigenvalue weighted by Crippen LogP contribution is -2.44. The van der Waals surface area contributed by atoms with Crippen molar-refractivity contribution in [1.82, 2.24) is 40.0 Å². The number of pyridine rings is 2. The SMILES string of the molecule is CN1CCN(c2cncc3[nH]c(-c4[nH]nc5ncc(-c6cnccn6)cc45)cc23)CC1. The normalized spacial score (nSPS) is 15.2. The first kappa shape index (κ1) is 18.0. The molecule has 1 saturated heterocycles. The standard InChI is InChI=1S/C22H21N9/c1-30-4-6-31(7-5-30)20-13-24-12-19-15(20)9-17(27-19)21-16-8-14(10-26-22(16)29-28-21)18-11-23-2-3-25-18/h2-3,8-13,27H,4-7H2,1H3,(H,26,28,29). The van der Waals surface area contributed by atoms with Crippen molar-refractivity contribution in [1.29, 1.82) is 0 Å². The monoisotopic (exact) mass is 411 g/mol. The highest BCUT2D eigenvalue weighted by molar-refractivity contribution is 5.99. The van der Waals surface area contributed by atoms with Crippen LogP contribution in [0.3, 0.4) is 0 Å². The van der Waals surface area contributed by atoms with Gasteiger partial charge in [0.05, 0.1) is 46.9 Å². The molecular formula is C22H21N9. The van der Waals surface area contributed by atoms with Crippen molar-refractivity contribution < 1.29 is 0 Å². The molecule has 31 heavy (non-hydrogen) atoms. The number of piperazine rings is 1. The number of aromatic amines is 2. The molecule has 0 radical (unpaired) electrons. The largest absolute Gasteiger partial charge is 0.367 e. The van der Waals surface area contributed by atoms with Gasteiger partial charge in [-0.1, -0.05) is 0 Å². The lowest BCUT2D eigenvalue weighted by molar-refractivity contribution is 0.313. The van der Waals surface area contributed by atoms with E-state index in [4.69, 9.17) is 0 Å². The maximum absolute atomic E-state index is 4.51. The number of anilines is 1. The Kier molecular flexibility index (Phi) is 4.13. The van der Waals surface area contributed by atoms with Crippen LogP contribution in [-0.4, -0.2) is 73.2 Å². The van der Waals surface area contributed by atoms with Gasteiger partial charge in [-0.3, -0.25) is 20.1 Å². The summed E-state index contributed by atoms with van der Waals surface area (Å²) in [5.74, 6) is 0.